The number of hydrogen-bond acceptors (Lipinski definition) is 3. The Labute approximate surface area is 93.0 Å². The first kappa shape index (κ1) is 10.1. The molecule has 0 aliphatic heterocycles. The van der Waals surface area contributed by atoms with E-state index in [-0.39, 0.29) is 11.3 Å². The number of nitrogens with one attached hydrogen (secondary N) is 2. The van der Waals surface area contributed by atoms with Crippen LogP contribution in [0.2, 0.25) is 0 Å². The van der Waals surface area contributed by atoms with Crippen LogP contribution in [0.4, 0.5) is 0 Å². The van der Waals surface area contributed by atoms with Crippen LogP contribution in [0, 0.1) is 6.92 Å². The number of aromatic nitrogens is 3. The monoisotopic (exact) mass is 269 g/mol. The van der Waals surface area contributed by atoms with Gasteiger partial charge in [-0.2, -0.15) is 0 Å². The number of aryl methyl sites for hydroxylation is 1. The van der Waals surface area contributed by atoms with Gasteiger partial charge in [-0.25, -0.2) is 4.98 Å². The van der Waals surface area contributed by atoms with E-state index in [1.807, 2.05) is 0 Å². The van der Waals surface area contributed by atoms with Crippen molar-refractivity contribution >= 4 is 32.7 Å². The summed E-state index contributed by atoms with van der Waals surface area (Å²) in [7, 11) is 0. The summed E-state index contributed by atoms with van der Waals surface area (Å²) in [5.41, 5.74) is 0.469. The summed E-state index contributed by atoms with van der Waals surface area (Å²) in [6.45, 7) is 3.09. The lowest BCUT2D eigenvalue weighted by molar-refractivity contribution is 0.101. The highest BCUT2D eigenvalue weighted by Gasteiger charge is 2.17. The molecule has 2 aromatic heterocycles. The van der Waals surface area contributed by atoms with Crippen LogP contribution in [0.5, 0.6) is 0 Å². The quantitative estimate of drug-likeness (QED) is 0.771. The molecule has 2 rings (SSSR count). The Bertz CT molecular complexity index is 612. The molecule has 0 aliphatic rings. The van der Waals surface area contributed by atoms with E-state index in [4.69, 9.17) is 0 Å². The maximum absolute atomic E-state index is 11.6. The Balaban J connectivity index is 3.00. The fraction of sp³-hybridized carbons (Fsp3) is 0.222. The molecule has 0 aliphatic carbocycles. The van der Waals surface area contributed by atoms with Crippen LogP contribution < -0.4 is 5.56 Å². The van der Waals surface area contributed by atoms with Crippen LogP contribution in [-0.2, 0) is 0 Å². The van der Waals surface area contributed by atoms with Crippen molar-refractivity contribution in [3.8, 4) is 0 Å². The summed E-state index contributed by atoms with van der Waals surface area (Å²) < 4.78 is 0.494. The Hall–Kier alpha value is -1.43. The minimum Gasteiger partial charge on any atom is -0.333 e. The zero-order valence-electron chi connectivity index (χ0n) is 8.14. The van der Waals surface area contributed by atoms with E-state index in [0.29, 0.717) is 27.0 Å². The average Bonchev–Trinajstić information content (AvgIpc) is 2.40. The van der Waals surface area contributed by atoms with Gasteiger partial charge in [0.1, 0.15) is 11.5 Å². The molecule has 0 fully saturated rings. The van der Waals surface area contributed by atoms with E-state index < -0.39 is 0 Å². The zero-order chi connectivity index (χ0) is 11.2. The van der Waals surface area contributed by atoms with E-state index in [0.717, 1.165) is 0 Å². The normalized spacial score (nSPS) is 10.9. The maximum Gasteiger partial charge on any atom is 0.261 e. The lowest BCUT2D eigenvalue weighted by Crippen LogP contribution is -2.11. The highest BCUT2D eigenvalue weighted by Crippen LogP contribution is 2.22. The second-order valence-electron chi connectivity index (χ2n) is 3.25. The fourth-order valence-corrected chi connectivity index (χ4v) is 2.18. The first-order chi connectivity index (χ1) is 7.00. The van der Waals surface area contributed by atoms with E-state index >= 15 is 0 Å². The summed E-state index contributed by atoms with van der Waals surface area (Å²) >= 11 is 3.20. The molecule has 0 bridgehead atoms. The van der Waals surface area contributed by atoms with Crippen molar-refractivity contribution in [3.63, 3.8) is 0 Å². The van der Waals surface area contributed by atoms with Gasteiger partial charge in [0.2, 0.25) is 0 Å². The summed E-state index contributed by atoms with van der Waals surface area (Å²) in [5.74, 6) is 0.334. The number of halogens is 1. The number of nitrogens with zero attached hydrogens (tertiary/aromatic N) is 1. The summed E-state index contributed by atoms with van der Waals surface area (Å²) in [4.78, 5) is 32.5. The van der Waals surface area contributed by atoms with Gasteiger partial charge < -0.3 is 9.97 Å². The second-order valence-corrected chi connectivity index (χ2v) is 4.04. The fourth-order valence-electron chi connectivity index (χ4n) is 1.52. The summed E-state index contributed by atoms with van der Waals surface area (Å²) in [6.07, 6.45) is 0. The lowest BCUT2D eigenvalue weighted by atomic mass is 10.2. The molecule has 0 spiro atoms. The standard InChI is InChI=1S/C9H8BrN3O2/c1-3(14)5-6-8(13-7(5)10)11-4(2)12-9(6)15/h1-2H3,(H2,11,12,13,15). The van der Waals surface area contributed by atoms with Gasteiger partial charge >= 0.3 is 0 Å². The Morgan fingerprint density at radius 3 is 2.67 bits per heavy atom. The maximum atomic E-state index is 11.6. The van der Waals surface area contributed by atoms with E-state index in [1.165, 1.54) is 6.92 Å². The third-order valence-corrected chi connectivity index (χ3v) is 2.68. The van der Waals surface area contributed by atoms with Gasteiger partial charge in [0.15, 0.2) is 5.78 Å². The van der Waals surface area contributed by atoms with Gasteiger partial charge in [0.05, 0.1) is 15.6 Å². The topological polar surface area (TPSA) is 78.6 Å². The average molecular weight is 270 g/mol. The summed E-state index contributed by atoms with van der Waals surface area (Å²) in [5, 5.41) is 0.306. The largest absolute Gasteiger partial charge is 0.333 e. The Morgan fingerprint density at radius 1 is 1.40 bits per heavy atom. The molecule has 2 aromatic rings. The molecule has 0 unspecified atom stereocenters. The van der Waals surface area contributed by atoms with Crippen LogP contribution in [0.3, 0.4) is 0 Å². The van der Waals surface area contributed by atoms with Gasteiger partial charge in [0.25, 0.3) is 5.56 Å². The van der Waals surface area contributed by atoms with Crippen molar-refractivity contribution in [2.45, 2.75) is 13.8 Å². The molecule has 0 radical (unpaired) electrons. The van der Waals surface area contributed by atoms with Gasteiger partial charge in [-0.3, -0.25) is 9.59 Å². The molecule has 2 heterocycles. The molecule has 0 atom stereocenters. The predicted octanol–water partition coefficient (Wildman–Crippen LogP) is 1.52. The van der Waals surface area contributed by atoms with Crippen molar-refractivity contribution in [2.75, 3.05) is 0 Å². The van der Waals surface area contributed by atoms with Crippen LogP contribution in [0.25, 0.3) is 11.0 Å². The second kappa shape index (κ2) is 3.30. The third kappa shape index (κ3) is 1.50. The number of H-pyrrole nitrogens is 2. The van der Waals surface area contributed by atoms with Crippen molar-refractivity contribution in [1.82, 2.24) is 15.0 Å². The Kier molecular flexibility index (Phi) is 2.22. The predicted molar refractivity (Wildman–Crippen MR) is 59.2 cm³/mol. The van der Waals surface area contributed by atoms with Crippen LogP contribution >= 0.6 is 15.9 Å². The van der Waals surface area contributed by atoms with Crippen LogP contribution in [-0.4, -0.2) is 20.7 Å². The van der Waals surface area contributed by atoms with Gasteiger partial charge in [-0.15, -0.1) is 0 Å². The molecule has 6 heteroatoms. The number of Topliss-reactive ketones (excluding diaryl/α,β-unsaturated/α-hetero) is 1. The minimum absolute atomic E-state index is 0.177. The molecule has 78 valence electrons. The van der Waals surface area contributed by atoms with E-state index in [9.17, 15) is 9.59 Å². The Morgan fingerprint density at radius 2 is 2.07 bits per heavy atom. The third-order valence-electron chi connectivity index (χ3n) is 2.09. The molecule has 15 heavy (non-hydrogen) atoms. The molecule has 0 saturated heterocycles. The van der Waals surface area contributed by atoms with E-state index in [1.54, 1.807) is 6.92 Å². The van der Waals surface area contributed by atoms with Crippen LogP contribution in [0.1, 0.15) is 23.1 Å². The lowest BCUT2D eigenvalue weighted by Gasteiger charge is -1.94. The van der Waals surface area contributed by atoms with Gasteiger partial charge in [-0.05, 0) is 29.8 Å². The number of hydrogen-bond donors (Lipinski definition) is 2. The first-order valence-corrected chi connectivity index (χ1v) is 5.09. The number of fused-ring (bicyclic) bond motifs is 1. The molecular formula is C9H8BrN3O2. The number of aromatic amines is 2. The van der Waals surface area contributed by atoms with E-state index in [2.05, 4.69) is 30.9 Å². The highest BCUT2D eigenvalue weighted by molar-refractivity contribution is 9.10. The van der Waals surface area contributed by atoms with Gasteiger partial charge in [0, 0.05) is 0 Å². The number of ketones is 1. The molecule has 0 aromatic carbocycles. The SMILES string of the molecule is CC(=O)c1c(Br)[nH]c2nc(C)[nH]c(=O)c12. The molecule has 0 saturated carbocycles. The van der Waals surface area contributed by atoms with Crippen molar-refractivity contribution < 1.29 is 4.79 Å². The van der Waals surface area contributed by atoms with Crippen molar-refractivity contribution in [1.29, 1.82) is 0 Å². The van der Waals surface area contributed by atoms with Crippen LogP contribution in [0.15, 0.2) is 9.40 Å². The molecule has 0 amide bonds. The number of carbonyl (C=O) groups is 1. The molecular weight excluding hydrogens is 262 g/mol. The van der Waals surface area contributed by atoms with Crippen molar-refractivity contribution in [2.24, 2.45) is 0 Å². The number of carbonyl (C=O) groups excluding carboxylic acids is 1. The smallest absolute Gasteiger partial charge is 0.261 e. The first-order valence-electron chi connectivity index (χ1n) is 4.29. The number of rotatable bonds is 1. The summed E-state index contributed by atoms with van der Waals surface area (Å²) in [6, 6.07) is 0. The van der Waals surface area contributed by atoms with Gasteiger partial charge in [-0.1, -0.05) is 0 Å². The molecule has 2 N–H and O–H groups in total. The van der Waals surface area contributed by atoms with Crippen molar-refractivity contribution in [3.05, 3.63) is 26.3 Å². The zero-order valence-corrected chi connectivity index (χ0v) is 9.73. The highest BCUT2D eigenvalue weighted by atomic mass is 79.9. The molecule has 5 nitrogen and oxygen atoms in total. The minimum atomic E-state index is -0.301.